The highest BCUT2D eigenvalue weighted by Gasteiger charge is 2.26. The molecule has 0 bridgehead atoms. The molecule has 0 spiro atoms. The number of hydrogen-bond donors (Lipinski definition) is 2. The predicted molar refractivity (Wildman–Crippen MR) is 107 cm³/mol. The van der Waals surface area contributed by atoms with Crippen molar-refractivity contribution in [3.05, 3.63) is 83.2 Å². The zero-order chi connectivity index (χ0) is 21.1. The van der Waals surface area contributed by atoms with E-state index in [0.717, 1.165) is 5.69 Å². The average molecular weight is 410 g/mol. The minimum atomic E-state index is -0.517. The Morgan fingerprint density at radius 3 is 2.53 bits per heavy atom. The van der Waals surface area contributed by atoms with Crippen LogP contribution in [0.15, 0.2) is 54.6 Å². The second-order valence-electron chi connectivity index (χ2n) is 7.22. The number of halogens is 2. The van der Waals surface area contributed by atoms with E-state index < -0.39 is 17.5 Å². The Kier molecular flexibility index (Phi) is 5.56. The molecule has 1 fully saturated rings. The molecule has 1 aromatic heterocycles. The van der Waals surface area contributed by atoms with Crippen molar-refractivity contribution in [1.82, 2.24) is 15.1 Å². The maximum atomic E-state index is 13.7. The van der Waals surface area contributed by atoms with Gasteiger partial charge in [0.25, 0.3) is 11.8 Å². The Balaban J connectivity index is 1.36. The molecule has 0 saturated carbocycles. The Labute approximate surface area is 171 Å². The molecule has 2 heterocycles. The monoisotopic (exact) mass is 410 g/mol. The van der Waals surface area contributed by atoms with Crippen molar-refractivity contribution in [2.45, 2.75) is 18.8 Å². The summed E-state index contributed by atoms with van der Waals surface area (Å²) in [4.78, 5) is 26.6. The SMILES string of the molecule is O=C(Nc1ccccc1F)c1cc(C2CCN(C(=O)c3cccc(F)c3)CC2)[nH]n1. The second kappa shape index (κ2) is 8.44. The molecule has 6 nitrogen and oxygen atoms in total. The Morgan fingerprint density at radius 1 is 1.03 bits per heavy atom. The molecule has 4 rings (SSSR count). The van der Waals surface area contributed by atoms with Crippen LogP contribution in [0.2, 0.25) is 0 Å². The average Bonchev–Trinajstić information content (AvgIpc) is 3.25. The first kappa shape index (κ1) is 19.8. The molecule has 0 unspecified atom stereocenters. The molecule has 1 aliphatic rings. The molecule has 3 aromatic rings. The van der Waals surface area contributed by atoms with Gasteiger partial charge >= 0.3 is 0 Å². The summed E-state index contributed by atoms with van der Waals surface area (Å²) in [5.74, 6) is -1.53. The largest absolute Gasteiger partial charge is 0.339 e. The van der Waals surface area contributed by atoms with Gasteiger partial charge < -0.3 is 10.2 Å². The van der Waals surface area contributed by atoms with E-state index in [-0.39, 0.29) is 23.2 Å². The van der Waals surface area contributed by atoms with Gasteiger partial charge in [-0.1, -0.05) is 18.2 Å². The molecule has 0 radical (unpaired) electrons. The fourth-order valence-electron chi connectivity index (χ4n) is 3.61. The lowest BCUT2D eigenvalue weighted by atomic mass is 9.93. The summed E-state index contributed by atoms with van der Waals surface area (Å²) >= 11 is 0. The van der Waals surface area contributed by atoms with Crippen LogP contribution in [0.3, 0.4) is 0 Å². The Hall–Kier alpha value is -3.55. The number of hydrogen-bond acceptors (Lipinski definition) is 3. The summed E-state index contributed by atoms with van der Waals surface area (Å²) < 4.78 is 27.1. The number of carbonyl (C=O) groups is 2. The van der Waals surface area contributed by atoms with Gasteiger partial charge in [-0.05, 0) is 49.2 Å². The smallest absolute Gasteiger partial charge is 0.276 e. The van der Waals surface area contributed by atoms with E-state index in [1.165, 1.54) is 30.3 Å². The molecule has 1 saturated heterocycles. The fourth-order valence-corrected chi connectivity index (χ4v) is 3.61. The highest BCUT2D eigenvalue weighted by atomic mass is 19.1. The number of rotatable bonds is 4. The number of nitrogens with zero attached hydrogens (tertiary/aromatic N) is 2. The highest BCUT2D eigenvalue weighted by molar-refractivity contribution is 6.03. The number of anilines is 1. The molecule has 154 valence electrons. The maximum Gasteiger partial charge on any atom is 0.276 e. The van der Waals surface area contributed by atoms with Crippen LogP contribution in [0.1, 0.15) is 45.3 Å². The van der Waals surface area contributed by atoms with E-state index in [9.17, 15) is 18.4 Å². The standard InChI is InChI=1S/C22H20F2N4O2/c23-16-5-3-4-15(12-16)22(30)28-10-8-14(9-11-28)19-13-20(27-26-19)21(29)25-18-7-2-1-6-17(18)24/h1-7,12-14H,8-11H2,(H,25,29)(H,26,27). The lowest BCUT2D eigenvalue weighted by Crippen LogP contribution is -2.38. The topological polar surface area (TPSA) is 78.1 Å². The van der Waals surface area contributed by atoms with Crippen molar-refractivity contribution in [2.75, 3.05) is 18.4 Å². The molecule has 0 aliphatic carbocycles. The quantitative estimate of drug-likeness (QED) is 0.683. The number of piperidine rings is 1. The molecular formula is C22H20F2N4O2. The number of aromatic amines is 1. The van der Waals surface area contributed by atoms with Gasteiger partial charge in [-0.3, -0.25) is 14.7 Å². The molecule has 1 aliphatic heterocycles. The second-order valence-corrected chi connectivity index (χ2v) is 7.22. The lowest BCUT2D eigenvalue weighted by Gasteiger charge is -2.31. The predicted octanol–water partition coefficient (Wildman–Crippen LogP) is 3.96. The summed E-state index contributed by atoms with van der Waals surface area (Å²) in [5.41, 5.74) is 1.40. The van der Waals surface area contributed by atoms with Gasteiger partial charge in [0.1, 0.15) is 11.6 Å². The van der Waals surface area contributed by atoms with Crippen LogP contribution in [0, 0.1) is 11.6 Å². The number of likely N-dealkylation sites (tertiary alicyclic amines) is 1. The number of H-pyrrole nitrogens is 1. The van der Waals surface area contributed by atoms with Gasteiger partial charge in [0, 0.05) is 30.3 Å². The third-order valence-corrected chi connectivity index (χ3v) is 5.25. The van der Waals surface area contributed by atoms with Crippen LogP contribution in [-0.2, 0) is 0 Å². The fraction of sp³-hybridized carbons (Fsp3) is 0.227. The number of aromatic nitrogens is 2. The third-order valence-electron chi connectivity index (χ3n) is 5.25. The van der Waals surface area contributed by atoms with Crippen molar-refractivity contribution in [1.29, 1.82) is 0 Å². The van der Waals surface area contributed by atoms with E-state index in [1.54, 1.807) is 29.2 Å². The minimum absolute atomic E-state index is 0.0937. The van der Waals surface area contributed by atoms with Crippen molar-refractivity contribution < 1.29 is 18.4 Å². The minimum Gasteiger partial charge on any atom is -0.339 e. The lowest BCUT2D eigenvalue weighted by molar-refractivity contribution is 0.0711. The van der Waals surface area contributed by atoms with Crippen molar-refractivity contribution >= 4 is 17.5 Å². The molecule has 2 N–H and O–H groups in total. The first-order valence-corrected chi connectivity index (χ1v) is 9.67. The highest BCUT2D eigenvalue weighted by Crippen LogP contribution is 2.28. The maximum absolute atomic E-state index is 13.7. The van der Waals surface area contributed by atoms with Gasteiger partial charge in [-0.25, -0.2) is 8.78 Å². The van der Waals surface area contributed by atoms with Gasteiger partial charge in [0.15, 0.2) is 5.69 Å². The molecule has 2 amide bonds. The van der Waals surface area contributed by atoms with Crippen LogP contribution in [0.4, 0.5) is 14.5 Å². The van der Waals surface area contributed by atoms with Crippen LogP contribution in [-0.4, -0.2) is 40.0 Å². The van der Waals surface area contributed by atoms with Crippen molar-refractivity contribution in [3.8, 4) is 0 Å². The number of benzene rings is 2. The molecular weight excluding hydrogens is 390 g/mol. The normalized spacial score (nSPS) is 14.5. The summed E-state index contributed by atoms with van der Waals surface area (Å²) in [6, 6.07) is 13.3. The molecule has 2 aromatic carbocycles. The van der Waals surface area contributed by atoms with E-state index in [4.69, 9.17) is 0 Å². The summed E-state index contributed by atoms with van der Waals surface area (Å²) in [7, 11) is 0. The molecule has 30 heavy (non-hydrogen) atoms. The van der Waals surface area contributed by atoms with E-state index in [2.05, 4.69) is 15.5 Å². The molecule has 8 heteroatoms. The Morgan fingerprint density at radius 2 is 1.80 bits per heavy atom. The van der Waals surface area contributed by atoms with Crippen LogP contribution in [0.25, 0.3) is 0 Å². The molecule has 0 atom stereocenters. The van der Waals surface area contributed by atoms with Gasteiger partial charge in [0.2, 0.25) is 0 Å². The number of carbonyl (C=O) groups excluding carboxylic acids is 2. The number of amides is 2. The zero-order valence-electron chi connectivity index (χ0n) is 16.1. The van der Waals surface area contributed by atoms with E-state index >= 15 is 0 Å². The summed E-state index contributed by atoms with van der Waals surface area (Å²) in [6.07, 6.45) is 1.38. The summed E-state index contributed by atoms with van der Waals surface area (Å²) in [5, 5.41) is 9.44. The number of nitrogens with one attached hydrogen (secondary N) is 2. The van der Waals surface area contributed by atoms with Crippen LogP contribution >= 0.6 is 0 Å². The van der Waals surface area contributed by atoms with Crippen molar-refractivity contribution in [2.24, 2.45) is 0 Å². The zero-order valence-corrected chi connectivity index (χ0v) is 16.1. The van der Waals surface area contributed by atoms with Gasteiger partial charge in [0.05, 0.1) is 5.69 Å². The van der Waals surface area contributed by atoms with Gasteiger partial charge in [-0.15, -0.1) is 0 Å². The van der Waals surface area contributed by atoms with Crippen LogP contribution < -0.4 is 5.32 Å². The first-order valence-electron chi connectivity index (χ1n) is 9.67. The number of para-hydroxylation sites is 1. The third kappa shape index (κ3) is 4.22. The van der Waals surface area contributed by atoms with Crippen molar-refractivity contribution in [3.63, 3.8) is 0 Å². The van der Waals surface area contributed by atoms with E-state index in [0.29, 0.717) is 31.5 Å². The Bertz CT molecular complexity index is 1070. The first-order chi connectivity index (χ1) is 14.5. The summed E-state index contributed by atoms with van der Waals surface area (Å²) in [6.45, 7) is 1.05. The van der Waals surface area contributed by atoms with Crippen LogP contribution in [0.5, 0.6) is 0 Å². The van der Waals surface area contributed by atoms with Gasteiger partial charge in [-0.2, -0.15) is 5.10 Å². The van der Waals surface area contributed by atoms with E-state index in [1.807, 2.05) is 0 Å².